The van der Waals surface area contributed by atoms with Crippen LogP contribution in [-0.4, -0.2) is 64.5 Å². The fraction of sp³-hybridized carbons (Fsp3) is 0.295. The number of aryl methyl sites for hydroxylation is 1. The van der Waals surface area contributed by atoms with Crippen LogP contribution in [0.4, 0.5) is 22.9 Å². The molecule has 5 N–H and O–H groups in total. The monoisotopic (exact) mass is 799 g/mol. The predicted octanol–water partition coefficient (Wildman–Crippen LogP) is 7.57. The number of piperidine rings is 1. The summed E-state index contributed by atoms with van der Waals surface area (Å²) in [5, 5.41) is 17.6. The van der Waals surface area contributed by atoms with Crippen LogP contribution in [0.2, 0.25) is 0 Å². The van der Waals surface area contributed by atoms with Gasteiger partial charge < -0.3 is 21.3 Å². The summed E-state index contributed by atoms with van der Waals surface area (Å²) in [6.07, 6.45) is 8.67. The Hall–Kier alpha value is -6.41. The number of fused-ring (bicyclic) bond motifs is 2. The number of unbranched alkanes of at least 4 members (excludes halogenated alkanes) is 6. The average molecular weight is 800 g/mol. The molecule has 6 amide bonds. The molecule has 1 unspecified atom stereocenters. The van der Waals surface area contributed by atoms with Crippen molar-refractivity contribution in [1.82, 2.24) is 20.5 Å². The first-order chi connectivity index (χ1) is 28.2. The Morgan fingerprint density at radius 1 is 0.810 bits per heavy atom. The lowest BCUT2D eigenvalue weighted by atomic mass is 10.0. The summed E-state index contributed by atoms with van der Waals surface area (Å²) in [6, 6.07) is 21.2. The molecule has 0 radical (unpaired) electrons. The number of thiophene rings is 1. The van der Waals surface area contributed by atoms with Gasteiger partial charge in [-0.25, -0.2) is 4.98 Å². The number of hydrogen-bond acceptors (Lipinski definition) is 10. The Kier molecular flexibility index (Phi) is 12.5. The lowest BCUT2D eigenvalue weighted by molar-refractivity contribution is -0.136. The first-order valence-electron chi connectivity index (χ1n) is 19.7. The molecular weight excluding hydrogens is 755 g/mol. The molecule has 14 heteroatoms. The number of nitrogens with one attached hydrogen (secondary N) is 5. The number of aromatic nitrogens is 1. The number of carbonyl (C=O) groups excluding carboxylic acids is 6. The van der Waals surface area contributed by atoms with E-state index in [0.717, 1.165) is 76.9 Å². The highest BCUT2D eigenvalue weighted by molar-refractivity contribution is 7.17. The van der Waals surface area contributed by atoms with Crippen LogP contribution in [-0.2, 0) is 9.59 Å². The van der Waals surface area contributed by atoms with Crippen molar-refractivity contribution >= 4 is 79.7 Å². The van der Waals surface area contributed by atoms with Gasteiger partial charge in [-0.1, -0.05) is 68.5 Å². The van der Waals surface area contributed by atoms with Gasteiger partial charge in [-0.15, -0.1) is 11.3 Å². The minimum absolute atomic E-state index is 0.0805. The van der Waals surface area contributed by atoms with E-state index in [2.05, 4.69) is 31.6 Å². The minimum Gasteiger partial charge on any atom is -0.385 e. The third kappa shape index (κ3) is 9.07. The lowest BCUT2D eigenvalue weighted by Crippen LogP contribution is -2.54. The Bertz CT molecular complexity index is 2390. The maximum atomic E-state index is 13.5. The molecule has 1 saturated heterocycles. The molecule has 58 heavy (non-hydrogen) atoms. The SMILES string of the molecule is Cc1ccccc1Nc1ncc(C(=O)NCCCCCCCCCNc2ccc3c(c2)C(=O)N(C2CCC(=O)NC2=O)C3=O)cc1NC(=O)c1csc2ccccc12. The number of benzene rings is 3. The summed E-state index contributed by atoms with van der Waals surface area (Å²) >= 11 is 1.50. The predicted molar refractivity (Wildman–Crippen MR) is 225 cm³/mol. The van der Waals surface area contributed by atoms with E-state index in [-0.39, 0.29) is 35.8 Å². The van der Waals surface area contributed by atoms with Gasteiger partial charge in [0.1, 0.15) is 6.04 Å². The van der Waals surface area contributed by atoms with Crippen molar-refractivity contribution in [3.05, 3.63) is 112 Å². The van der Waals surface area contributed by atoms with E-state index in [0.29, 0.717) is 35.7 Å². The Balaban J connectivity index is 0.823. The fourth-order valence-electron chi connectivity index (χ4n) is 7.22. The number of carbonyl (C=O) groups is 6. The van der Waals surface area contributed by atoms with Crippen LogP contribution >= 0.6 is 11.3 Å². The van der Waals surface area contributed by atoms with E-state index in [9.17, 15) is 28.8 Å². The number of pyridine rings is 1. The summed E-state index contributed by atoms with van der Waals surface area (Å²) in [7, 11) is 0. The number of anilines is 4. The van der Waals surface area contributed by atoms with Crippen molar-refractivity contribution in [2.45, 2.75) is 70.8 Å². The molecule has 2 aliphatic rings. The molecule has 0 bridgehead atoms. The van der Waals surface area contributed by atoms with Gasteiger partial charge in [0, 0.05) is 52.5 Å². The van der Waals surface area contributed by atoms with Crippen molar-refractivity contribution in [3.8, 4) is 0 Å². The molecule has 7 rings (SSSR count). The van der Waals surface area contributed by atoms with Crippen LogP contribution in [0, 0.1) is 6.92 Å². The smallest absolute Gasteiger partial charge is 0.262 e. The van der Waals surface area contributed by atoms with Gasteiger partial charge in [0.25, 0.3) is 23.6 Å². The van der Waals surface area contributed by atoms with Crippen LogP contribution in [0.5, 0.6) is 0 Å². The summed E-state index contributed by atoms with van der Waals surface area (Å²) in [4.78, 5) is 82.1. The van der Waals surface area contributed by atoms with Crippen molar-refractivity contribution in [2.24, 2.45) is 0 Å². The number of hydrogen-bond donors (Lipinski definition) is 5. The Labute approximate surface area is 340 Å². The summed E-state index contributed by atoms with van der Waals surface area (Å²) in [5.74, 6) is -2.17. The number of para-hydroxylation sites is 1. The minimum atomic E-state index is -0.983. The quantitative estimate of drug-likeness (QED) is 0.0469. The zero-order valence-corrected chi connectivity index (χ0v) is 33.0. The fourth-order valence-corrected chi connectivity index (χ4v) is 8.16. The first-order valence-corrected chi connectivity index (χ1v) is 20.5. The standard InChI is InChI=1S/C44H45N7O6S/c1-27-13-7-9-15-34(27)48-39-35(49-41(54)33-26-58-37-16-10-8-14-30(33)37)23-28(25-47-39)40(53)46-22-12-6-4-2-3-5-11-21-45-29-17-18-31-32(24-29)44(57)51(43(31)56)36-19-20-38(52)50-42(36)55/h7-10,13-18,23-26,36,45H,2-6,11-12,19-22H2,1H3,(H,46,53)(H,47,48)(H,49,54)(H,50,52,55). The van der Waals surface area contributed by atoms with Crippen molar-refractivity contribution in [1.29, 1.82) is 0 Å². The molecule has 13 nitrogen and oxygen atoms in total. The average Bonchev–Trinajstić information content (AvgIpc) is 3.76. The van der Waals surface area contributed by atoms with Crippen molar-refractivity contribution < 1.29 is 28.8 Å². The van der Waals surface area contributed by atoms with Gasteiger partial charge in [-0.2, -0.15) is 0 Å². The highest BCUT2D eigenvalue weighted by atomic mass is 32.1. The summed E-state index contributed by atoms with van der Waals surface area (Å²) in [6.45, 7) is 3.21. The van der Waals surface area contributed by atoms with Crippen molar-refractivity contribution in [2.75, 3.05) is 29.0 Å². The van der Waals surface area contributed by atoms with E-state index >= 15 is 0 Å². The number of rotatable bonds is 17. The Morgan fingerprint density at radius 2 is 1.53 bits per heavy atom. The molecule has 0 saturated carbocycles. The molecular formula is C44H45N7O6S. The largest absolute Gasteiger partial charge is 0.385 e. The second kappa shape index (κ2) is 18.2. The van der Waals surface area contributed by atoms with Crippen LogP contribution in [0.15, 0.2) is 84.4 Å². The second-order valence-corrected chi connectivity index (χ2v) is 15.4. The molecule has 1 fully saturated rings. The Morgan fingerprint density at radius 3 is 2.33 bits per heavy atom. The topological polar surface area (TPSA) is 179 Å². The summed E-state index contributed by atoms with van der Waals surface area (Å²) < 4.78 is 1.02. The van der Waals surface area contributed by atoms with Crippen LogP contribution in [0.3, 0.4) is 0 Å². The van der Waals surface area contributed by atoms with E-state index < -0.39 is 29.7 Å². The molecule has 5 aromatic rings. The molecule has 4 heterocycles. The van der Waals surface area contributed by atoms with Crippen LogP contribution in [0.25, 0.3) is 10.1 Å². The highest BCUT2D eigenvalue weighted by Gasteiger charge is 2.44. The second-order valence-electron chi connectivity index (χ2n) is 14.5. The third-order valence-corrected chi connectivity index (χ3v) is 11.4. The molecule has 298 valence electrons. The zero-order valence-electron chi connectivity index (χ0n) is 32.2. The van der Waals surface area contributed by atoms with Gasteiger partial charge in [0.2, 0.25) is 11.8 Å². The highest BCUT2D eigenvalue weighted by Crippen LogP contribution is 2.31. The molecule has 0 spiro atoms. The van der Waals surface area contributed by atoms with Gasteiger partial charge in [-0.05, 0) is 68.1 Å². The molecule has 1 atom stereocenters. The first kappa shape index (κ1) is 39.8. The maximum absolute atomic E-state index is 13.5. The molecule has 0 aliphatic carbocycles. The maximum Gasteiger partial charge on any atom is 0.262 e. The van der Waals surface area contributed by atoms with Crippen LogP contribution < -0.4 is 26.6 Å². The van der Waals surface area contributed by atoms with E-state index in [1.165, 1.54) is 17.5 Å². The number of nitrogens with zero attached hydrogens (tertiary/aromatic N) is 2. The third-order valence-electron chi connectivity index (χ3n) is 10.4. The summed E-state index contributed by atoms with van der Waals surface area (Å²) in [5.41, 5.74) is 4.42. The van der Waals surface area contributed by atoms with Gasteiger partial charge in [0.15, 0.2) is 5.82 Å². The molecule has 2 aromatic heterocycles. The van der Waals surface area contributed by atoms with Crippen LogP contribution in [0.1, 0.15) is 105 Å². The van der Waals surface area contributed by atoms with E-state index in [4.69, 9.17) is 0 Å². The normalized spacial score (nSPS) is 15.0. The van der Waals surface area contributed by atoms with Gasteiger partial charge in [-0.3, -0.25) is 39.0 Å². The zero-order chi connectivity index (χ0) is 40.6. The molecule has 3 aromatic carbocycles. The lowest BCUT2D eigenvalue weighted by Gasteiger charge is -2.27. The number of imide groups is 2. The van der Waals surface area contributed by atoms with E-state index in [1.54, 1.807) is 24.3 Å². The van der Waals surface area contributed by atoms with Gasteiger partial charge >= 0.3 is 0 Å². The van der Waals surface area contributed by atoms with E-state index in [1.807, 2.05) is 60.8 Å². The molecule has 2 aliphatic heterocycles. The van der Waals surface area contributed by atoms with Gasteiger partial charge in [0.05, 0.1) is 27.9 Å². The van der Waals surface area contributed by atoms with Crippen molar-refractivity contribution in [3.63, 3.8) is 0 Å². The number of amides is 6.